The minimum absolute atomic E-state index is 0.615. The standard InChI is InChI=1S/C9H14O2S/c1-3-4-5-9-8(2)6-7-12(9,10)11/h6-7H,3-5H2,1-2H3. The minimum Gasteiger partial charge on any atom is -0.219 e. The van der Waals surface area contributed by atoms with Crippen molar-refractivity contribution in [2.45, 2.75) is 33.1 Å². The molecular weight excluding hydrogens is 172 g/mol. The first-order valence-corrected chi connectivity index (χ1v) is 5.75. The van der Waals surface area contributed by atoms with Gasteiger partial charge < -0.3 is 0 Å². The van der Waals surface area contributed by atoms with E-state index in [1.54, 1.807) is 6.08 Å². The summed E-state index contributed by atoms with van der Waals surface area (Å²) in [5.74, 6) is 0. The normalized spacial score (nSPS) is 20.5. The van der Waals surface area contributed by atoms with Crippen molar-refractivity contribution in [1.29, 1.82) is 0 Å². The molecule has 0 radical (unpaired) electrons. The van der Waals surface area contributed by atoms with Crippen LogP contribution in [0.3, 0.4) is 0 Å². The van der Waals surface area contributed by atoms with E-state index in [2.05, 4.69) is 6.92 Å². The monoisotopic (exact) mass is 186 g/mol. The second-order valence-corrected chi connectivity index (χ2v) is 4.91. The molecule has 2 nitrogen and oxygen atoms in total. The number of allylic oxidation sites excluding steroid dienone is 3. The lowest BCUT2D eigenvalue weighted by atomic mass is 10.2. The molecule has 1 aliphatic heterocycles. The van der Waals surface area contributed by atoms with Crippen LogP contribution in [0.15, 0.2) is 22.0 Å². The molecule has 3 heteroatoms. The zero-order chi connectivity index (χ0) is 9.19. The van der Waals surface area contributed by atoms with E-state index in [1.807, 2.05) is 6.92 Å². The molecule has 0 saturated heterocycles. The Balaban J connectivity index is 2.83. The Hall–Kier alpha value is -0.570. The molecular formula is C9H14O2S. The largest absolute Gasteiger partial charge is 0.219 e. The van der Waals surface area contributed by atoms with Gasteiger partial charge in [-0.15, -0.1) is 0 Å². The molecule has 12 heavy (non-hydrogen) atoms. The number of rotatable bonds is 3. The molecule has 0 aromatic carbocycles. The summed E-state index contributed by atoms with van der Waals surface area (Å²) < 4.78 is 22.7. The molecule has 0 bridgehead atoms. The Kier molecular flexibility index (Phi) is 2.73. The topological polar surface area (TPSA) is 34.1 Å². The maximum absolute atomic E-state index is 11.3. The molecule has 68 valence electrons. The van der Waals surface area contributed by atoms with E-state index in [9.17, 15) is 8.42 Å². The van der Waals surface area contributed by atoms with Gasteiger partial charge in [0.1, 0.15) is 0 Å². The molecule has 0 fully saturated rings. The molecule has 0 N–H and O–H groups in total. The van der Waals surface area contributed by atoms with E-state index >= 15 is 0 Å². The van der Waals surface area contributed by atoms with E-state index in [4.69, 9.17) is 0 Å². The highest BCUT2D eigenvalue weighted by Gasteiger charge is 2.20. The van der Waals surface area contributed by atoms with Crippen molar-refractivity contribution in [3.8, 4) is 0 Å². The summed E-state index contributed by atoms with van der Waals surface area (Å²) in [6.07, 6.45) is 4.36. The average Bonchev–Trinajstić information content (AvgIpc) is 2.24. The van der Waals surface area contributed by atoms with Gasteiger partial charge in [0.15, 0.2) is 9.84 Å². The van der Waals surface area contributed by atoms with Crippen molar-refractivity contribution < 1.29 is 8.42 Å². The van der Waals surface area contributed by atoms with Gasteiger partial charge in [-0.1, -0.05) is 13.3 Å². The van der Waals surface area contributed by atoms with E-state index in [-0.39, 0.29) is 0 Å². The lowest BCUT2D eigenvalue weighted by Crippen LogP contribution is -1.97. The molecule has 1 rings (SSSR count). The summed E-state index contributed by atoms with van der Waals surface area (Å²) in [6.45, 7) is 3.91. The number of unbranched alkanes of at least 4 members (excludes halogenated alkanes) is 1. The number of hydrogen-bond donors (Lipinski definition) is 0. The molecule has 0 saturated carbocycles. The second-order valence-electron chi connectivity index (χ2n) is 3.06. The number of sulfone groups is 1. The minimum atomic E-state index is -3.01. The summed E-state index contributed by atoms with van der Waals surface area (Å²) in [6, 6.07) is 0. The second kappa shape index (κ2) is 3.44. The lowest BCUT2D eigenvalue weighted by Gasteiger charge is -2.01. The number of hydrogen-bond acceptors (Lipinski definition) is 2. The fourth-order valence-electron chi connectivity index (χ4n) is 1.27. The zero-order valence-electron chi connectivity index (χ0n) is 7.50. The highest BCUT2D eigenvalue weighted by atomic mass is 32.2. The van der Waals surface area contributed by atoms with Gasteiger partial charge in [-0.25, -0.2) is 8.42 Å². The first-order valence-electron chi connectivity index (χ1n) is 4.21. The van der Waals surface area contributed by atoms with Crippen molar-refractivity contribution in [2.24, 2.45) is 0 Å². The van der Waals surface area contributed by atoms with Gasteiger partial charge in [0.05, 0.1) is 4.91 Å². The SMILES string of the molecule is CCCCC1=C(C)C=CS1(=O)=O. The fraction of sp³-hybridized carbons (Fsp3) is 0.556. The molecule has 0 aromatic heterocycles. The van der Waals surface area contributed by atoms with Crippen LogP contribution in [0.5, 0.6) is 0 Å². The van der Waals surface area contributed by atoms with E-state index in [1.165, 1.54) is 5.41 Å². The van der Waals surface area contributed by atoms with E-state index in [0.717, 1.165) is 18.4 Å². The van der Waals surface area contributed by atoms with Crippen LogP contribution in [-0.2, 0) is 9.84 Å². The predicted molar refractivity (Wildman–Crippen MR) is 50.3 cm³/mol. The third-order valence-electron chi connectivity index (χ3n) is 2.04. The van der Waals surface area contributed by atoms with Crippen LogP contribution in [0.2, 0.25) is 0 Å². The van der Waals surface area contributed by atoms with Crippen LogP contribution in [0.4, 0.5) is 0 Å². The van der Waals surface area contributed by atoms with Crippen molar-refractivity contribution >= 4 is 9.84 Å². The molecule has 0 aliphatic carbocycles. The van der Waals surface area contributed by atoms with Crippen molar-refractivity contribution in [1.82, 2.24) is 0 Å². The van der Waals surface area contributed by atoms with Gasteiger partial charge in [-0.3, -0.25) is 0 Å². The quantitative estimate of drug-likeness (QED) is 0.678. The maximum Gasteiger partial charge on any atom is 0.196 e. The third-order valence-corrected chi connectivity index (χ3v) is 3.75. The Morgan fingerprint density at radius 1 is 1.42 bits per heavy atom. The first-order chi connectivity index (χ1) is 5.58. The molecule has 0 spiro atoms. The van der Waals surface area contributed by atoms with Crippen molar-refractivity contribution in [2.75, 3.05) is 0 Å². The Morgan fingerprint density at radius 2 is 2.08 bits per heavy atom. The van der Waals surface area contributed by atoms with E-state index in [0.29, 0.717) is 11.3 Å². The molecule has 1 heterocycles. The highest BCUT2D eigenvalue weighted by molar-refractivity contribution is 7.98. The predicted octanol–water partition coefficient (Wildman–Crippen LogP) is 2.39. The lowest BCUT2D eigenvalue weighted by molar-refractivity contribution is 0.607. The van der Waals surface area contributed by atoms with Crippen LogP contribution in [-0.4, -0.2) is 8.42 Å². The zero-order valence-corrected chi connectivity index (χ0v) is 8.32. The summed E-state index contributed by atoms with van der Waals surface area (Å²) in [5, 5.41) is 1.30. The average molecular weight is 186 g/mol. The fourth-order valence-corrected chi connectivity index (χ4v) is 2.76. The molecule has 1 aliphatic rings. The van der Waals surface area contributed by atoms with Gasteiger partial charge in [0.25, 0.3) is 0 Å². The van der Waals surface area contributed by atoms with Crippen LogP contribution < -0.4 is 0 Å². The van der Waals surface area contributed by atoms with Crippen LogP contribution in [0.25, 0.3) is 0 Å². The molecule has 0 unspecified atom stereocenters. The van der Waals surface area contributed by atoms with Gasteiger partial charge in [-0.05, 0) is 31.4 Å². The van der Waals surface area contributed by atoms with Crippen LogP contribution >= 0.6 is 0 Å². The Morgan fingerprint density at radius 3 is 2.50 bits per heavy atom. The van der Waals surface area contributed by atoms with E-state index < -0.39 is 9.84 Å². The smallest absolute Gasteiger partial charge is 0.196 e. The Bertz CT molecular complexity index is 320. The third kappa shape index (κ3) is 1.78. The van der Waals surface area contributed by atoms with Gasteiger partial charge in [0, 0.05) is 5.41 Å². The summed E-state index contributed by atoms with van der Waals surface area (Å²) in [4.78, 5) is 0.615. The van der Waals surface area contributed by atoms with Gasteiger partial charge >= 0.3 is 0 Å². The summed E-state index contributed by atoms with van der Waals surface area (Å²) in [5.41, 5.74) is 0.906. The van der Waals surface area contributed by atoms with Crippen molar-refractivity contribution in [3.05, 3.63) is 22.0 Å². The molecule has 0 aromatic rings. The Labute approximate surface area is 73.9 Å². The van der Waals surface area contributed by atoms with Gasteiger partial charge in [-0.2, -0.15) is 0 Å². The summed E-state index contributed by atoms with van der Waals surface area (Å²) in [7, 11) is -3.01. The van der Waals surface area contributed by atoms with Crippen molar-refractivity contribution in [3.63, 3.8) is 0 Å². The highest BCUT2D eigenvalue weighted by Crippen LogP contribution is 2.26. The van der Waals surface area contributed by atoms with Gasteiger partial charge in [0.2, 0.25) is 0 Å². The van der Waals surface area contributed by atoms with Crippen LogP contribution in [0.1, 0.15) is 33.1 Å². The summed E-state index contributed by atoms with van der Waals surface area (Å²) >= 11 is 0. The molecule has 0 atom stereocenters. The maximum atomic E-state index is 11.3. The van der Waals surface area contributed by atoms with Crippen LogP contribution in [0, 0.1) is 0 Å². The molecule has 0 amide bonds. The first kappa shape index (κ1) is 9.52.